The Kier molecular flexibility index (Phi) is 4.07. The van der Waals surface area contributed by atoms with Crippen LogP contribution in [0, 0.1) is 5.82 Å². The normalized spacial score (nSPS) is 12.6. The maximum Gasteiger partial charge on any atom is 0.123 e. The summed E-state index contributed by atoms with van der Waals surface area (Å²) in [5.74, 6) is -0.297. The molecule has 1 heterocycles. The van der Waals surface area contributed by atoms with Crippen LogP contribution in [0.1, 0.15) is 17.2 Å². The zero-order valence-electron chi connectivity index (χ0n) is 10.2. The number of aliphatic hydroxyl groups is 1. The molecule has 0 aliphatic rings. The van der Waals surface area contributed by atoms with Gasteiger partial charge in [0.05, 0.1) is 12.3 Å². The highest BCUT2D eigenvalue weighted by molar-refractivity contribution is 5.18. The van der Waals surface area contributed by atoms with E-state index in [4.69, 9.17) is 0 Å². The van der Waals surface area contributed by atoms with E-state index < -0.39 is 6.10 Å². The smallest absolute Gasteiger partial charge is 0.123 e. The minimum absolute atomic E-state index is 0.297. The number of hydrogen-bond acceptors (Lipinski definition) is 3. The second-order valence-corrected chi connectivity index (χ2v) is 4.22. The van der Waals surface area contributed by atoms with E-state index in [0.29, 0.717) is 18.7 Å². The quantitative estimate of drug-likeness (QED) is 0.841. The molecule has 1 atom stereocenters. The molecule has 2 N–H and O–H groups in total. The summed E-state index contributed by atoms with van der Waals surface area (Å²) in [4.78, 5) is 0. The maximum atomic E-state index is 12.7. The van der Waals surface area contributed by atoms with Crippen LogP contribution in [0.3, 0.4) is 0 Å². The van der Waals surface area contributed by atoms with Gasteiger partial charge in [-0.3, -0.25) is 4.68 Å². The Hall–Kier alpha value is -1.72. The number of aryl methyl sites for hydroxylation is 1. The van der Waals surface area contributed by atoms with Crippen LogP contribution < -0.4 is 5.32 Å². The van der Waals surface area contributed by atoms with Crippen molar-refractivity contribution in [3.05, 3.63) is 53.6 Å². The van der Waals surface area contributed by atoms with E-state index in [2.05, 4.69) is 10.4 Å². The Labute approximate surface area is 105 Å². The highest BCUT2D eigenvalue weighted by atomic mass is 19.1. The first kappa shape index (κ1) is 12.7. The Morgan fingerprint density at radius 3 is 2.72 bits per heavy atom. The van der Waals surface area contributed by atoms with Gasteiger partial charge in [0.1, 0.15) is 5.82 Å². The van der Waals surface area contributed by atoms with Gasteiger partial charge in [-0.1, -0.05) is 12.1 Å². The van der Waals surface area contributed by atoms with Crippen molar-refractivity contribution >= 4 is 0 Å². The summed E-state index contributed by atoms with van der Waals surface area (Å²) >= 11 is 0. The van der Waals surface area contributed by atoms with Crippen LogP contribution in [0.25, 0.3) is 0 Å². The van der Waals surface area contributed by atoms with E-state index >= 15 is 0 Å². The average molecular weight is 249 g/mol. The van der Waals surface area contributed by atoms with Gasteiger partial charge in [-0.2, -0.15) is 5.10 Å². The number of aromatic nitrogens is 2. The van der Waals surface area contributed by atoms with E-state index in [1.54, 1.807) is 23.0 Å². The summed E-state index contributed by atoms with van der Waals surface area (Å²) in [6, 6.07) is 5.87. The van der Waals surface area contributed by atoms with Gasteiger partial charge < -0.3 is 10.4 Å². The van der Waals surface area contributed by atoms with E-state index in [-0.39, 0.29) is 5.82 Å². The Morgan fingerprint density at radius 2 is 2.11 bits per heavy atom. The molecule has 0 spiro atoms. The zero-order chi connectivity index (χ0) is 13.0. The molecule has 0 bridgehead atoms. The standard InChI is InChI=1S/C13H16FN3O/c1-17-9-10(7-16-17)6-15-8-13(18)11-2-4-12(14)5-3-11/h2-5,7,9,13,15,18H,6,8H2,1H3. The second-order valence-electron chi connectivity index (χ2n) is 4.22. The minimum Gasteiger partial charge on any atom is -0.387 e. The van der Waals surface area contributed by atoms with Crippen molar-refractivity contribution in [2.24, 2.45) is 7.05 Å². The first-order chi connectivity index (χ1) is 8.65. The topological polar surface area (TPSA) is 50.1 Å². The molecule has 0 aliphatic heterocycles. The first-order valence-corrected chi connectivity index (χ1v) is 5.77. The van der Waals surface area contributed by atoms with E-state index in [1.165, 1.54) is 12.1 Å². The van der Waals surface area contributed by atoms with E-state index in [9.17, 15) is 9.50 Å². The molecular formula is C13H16FN3O. The molecule has 5 heteroatoms. The van der Waals surface area contributed by atoms with Gasteiger partial charge in [-0.15, -0.1) is 0 Å². The van der Waals surface area contributed by atoms with Crippen molar-refractivity contribution in [2.75, 3.05) is 6.54 Å². The van der Waals surface area contributed by atoms with Crippen LogP contribution in [0.5, 0.6) is 0 Å². The molecule has 1 unspecified atom stereocenters. The highest BCUT2D eigenvalue weighted by Gasteiger charge is 2.07. The number of rotatable bonds is 5. The third-order valence-corrected chi connectivity index (χ3v) is 2.68. The summed E-state index contributed by atoms with van der Waals surface area (Å²) in [6.45, 7) is 1.06. The molecule has 0 aliphatic carbocycles. The van der Waals surface area contributed by atoms with Crippen molar-refractivity contribution in [3.8, 4) is 0 Å². The lowest BCUT2D eigenvalue weighted by molar-refractivity contribution is 0.174. The van der Waals surface area contributed by atoms with Crippen LogP contribution in [0.15, 0.2) is 36.7 Å². The lowest BCUT2D eigenvalue weighted by atomic mass is 10.1. The third kappa shape index (κ3) is 3.38. The summed E-state index contributed by atoms with van der Waals surface area (Å²) in [6.07, 6.45) is 3.05. The number of aliphatic hydroxyl groups excluding tert-OH is 1. The highest BCUT2D eigenvalue weighted by Crippen LogP contribution is 2.12. The zero-order valence-corrected chi connectivity index (χ0v) is 10.2. The first-order valence-electron chi connectivity index (χ1n) is 5.77. The molecule has 1 aromatic carbocycles. The number of halogens is 1. The Morgan fingerprint density at radius 1 is 1.39 bits per heavy atom. The number of benzene rings is 1. The monoisotopic (exact) mass is 249 g/mol. The van der Waals surface area contributed by atoms with Crippen molar-refractivity contribution in [1.29, 1.82) is 0 Å². The predicted molar refractivity (Wildman–Crippen MR) is 66.3 cm³/mol. The number of nitrogens with one attached hydrogen (secondary N) is 1. The van der Waals surface area contributed by atoms with E-state index in [1.807, 2.05) is 13.2 Å². The van der Waals surface area contributed by atoms with Gasteiger partial charge in [-0.25, -0.2) is 4.39 Å². The summed E-state index contributed by atoms with van der Waals surface area (Å²) in [7, 11) is 1.86. The Bertz CT molecular complexity index is 495. The van der Waals surface area contributed by atoms with Gasteiger partial charge in [0.25, 0.3) is 0 Å². The third-order valence-electron chi connectivity index (χ3n) is 2.68. The Balaban J connectivity index is 1.81. The summed E-state index contributed by atoms with van der Waals surface area (Å²) in [5, 5.41) is 17.1. The summed E-state index contributed by atoms with van der Waals surface area (Å²) < 4.78 is 14.4. The molecule has 2 rings (SSSR count). The number of hydrogen-bond donors (Lipinski definition) is 2. The van der Waals surface area contributed by atoms with Crippen LogP contribution in [0.2, 0.25) is 0 Å². The second kappa shape index (κ2) is 5.75. The minimum atomic E-state index is -0.637. The van der Waals surface area contributed by atoms with Gasteiger partial charge in [-0.05, 0) is 17.7 Å². The number of nitrogens with zero attached hydrogens (tertiary/aromatic N) is 2. The van der Waals surface area contributed by atoms with Gasteiger partial charge in [0.15, 0.2) is 0 Å². The molecule has 2 aromatic rings. The van der Waals surface area contributed by atoms with Crippen LogP contribution >= 0.6 is 0 Å². The van der Waals surface area contributed by atoms with Crippen molar-refractivity contribution in [3.63, 3.8) is 0 Å². The molecule has 0 fully saturated rings. The molecule has 0 saturated carbocycles. The molecule has 0 saturated heterocycles. The fourth-order valence-corrected chi connectivity index (χ4v) is 1.72. The maximum absolute atomic E-state index is 12.7. The van der Waals surface area contributed by atoms with E-state index in [0.717, 1.165) is 5.56 Å². The molecule has 4 nitrogen and oxygen atoms in total. The fraction of sp³-hybridized carbons (Fsp3) is 0.308. The lowest BCUT2D eigenvalue weighted by Gasteiger charge is -2.11. The molecule has 0 amide bonds. The predicted octanol–water partition coefficient (Wildman–Crippen LogP) is 1.38. The largest absolute Gasteiger partial charge is 0.387 e. The fourth-order valence-electron chi connectivity index (χ4n) is 1.72. The van der Waals surface area contributed by atoms with Gasteiger partial charge >= 0.3 is 0 Å². The SMILES string of the molecule is Cn1cc(CNCC(O)c2ccc(F)cc2)cn1. The molecule has 0 radical (unpaired) electrons. The molecular weight excluding hydrogens is 233 g/mol. The van der Waals surface area contributed by atoms with Crippen LogP contribution in [0.4, 0.5) is 4.39 Å². The van der Waals surface area contributed by atoms with Gasteiger partial charge in [0.2, 0.25) is 0 Å². The van der Waals surface area contributed by atoms with Crippen molar-refractivity contribution < 1.29 is 9.50 Å². The molecule has 18 heavy (non-hydrogen) atoms. The average Bonchev–Trinajstić information content (AvgIpc) is 2.76. The van der Waals surface area contributed by atoms with Gasteiger partial charge in [0, 0.05) is 31.9 Å². The molecule has 1 aromatic heterocycles. The van der Waals surface area contributed by atoms with Crippen LogP contribution in [-0.2, 0) is 13.6 Å². The summed E-state index contributed by atoms with van der Waals surface area (Å²) in [5.41, 5.74) is 1.76. The van der Waals surface area contributed by atoms with Crippen molar-refractivity contribution in [2.45, 2.75) is 12.6 Å². The molecule has 96 valence electrons. The van der Waals surface area contributed by atoms with Crippen molar-refractivity contribution in [1.82, 2.24) is 15.1 Å². The lowest BCUT2D eigenvalue weighted by Crippen LogP contribution is -2.20. The van der Waals surface area contributed by atoms with Crippen LogP contribution in [-0.4, -0.2) is 21.4 Å².